The van der Waals surface area contributed by atoms with E-state index in [0.717, 1.165) is 0 Å². The zero-order valence-corrected chi connectivity index (χ0v) is 23.1. The first kappa shape index (κ1) is 28.3. The molecule has 0 saturated heterocycles. The van der Waals surface area contributed by atoms with Crippen LogP contribution >= 0.6 is 23.2 Å². The molecule has 0 radical (unpaired) electrons. The van der Waals surface area contributed by atoms with Gasteiger partial charge in [0.1, 0.15) is 22.0 Å². The quantitative estimate of drug-likeness (QED) is 0.142. The molecule has 0 fully saturated rings. The molecule has 12 heteroatoms. The fourth-order valence-corrected chi connectivity index (χ4v) is 5.16. The van der Waals surface area contributed by atoms with Crippen LogP contribution < -0.4 is 10.1 Å². The minimum atomic E-state index is -4.62. The predicted octanol–water partition coefficient (Wildman–Crippen LogP) is 7.73. The summed E-state index contributed by atoms with van der Waals surface area (Å²) in [6.07, 6.45) is 0.427. The third-order valence-corrected chi connectivity index (χ3v) is 7.53. The summed E-state index contributed by atoms with van der Waals surface area (Å²) in [7, 11) is -4.62. The molecule has 202 valence electrons. The predicted molar refractivity (Wildman–Crippen MR) is 151 cm³/mol. The molecule has 0 atom stereocenters. The van der Waals surface area contributed by atoms with Crippen LogP contribution in [0, 0.1) is 0 Å². The number of aromatic hydroxyl groups is 1. The first-order chi connectivity index (χ1) is 18.5. The smallest absolute Gasteiger partial charge is 0.296 e. The third kappa shape index (κ3) is 5.99. The Morgan fingerprint density at radius 1 is 1.00 bits per heavy atom. The number of carbonyl (C=O) groups excluding carboxylic acids is 1. The van der Waals surface area contributed by atoms with Gasteiger partial charge in [-0.3, -0.25) is 9.35 Å². The van der Waals surface area contributed by atoms with E-state index in [9.17, 15) is 22.9 Å². The molecule has 0 aliphatic carbocycles. The highest BCUT2D eigenvalue weighted by atomic mass is 35.5. The Balaban J connectivity index is 1.83. The number of halogens is 2. The fraction of sp³-hybridized carbons (Fsp3) is 0.148. The Morgan fingerprint density at radius 3 is 2.41 bits per heavy atom. The molecule has 0 bridgehead atoms. The minimum absolute atomic E-state index is 0.00662. The summed E-state index contributed by atoms with van der Waals surface area (Å²) in [5.41, 5.74) is 0.700. The first-order valence-corrected chi connectivity index (χ1v) is 13.9. The number of nitrogens with zero attached hydrogens (tertiary/aromatic N) is 2. The van der Waals surface area contributed by atoms with Crippen molar-refractivity contribution in [3.05, 3.63) is 81.8 Å². The van der Waals surface area contributed by atoms with E-state index in [-0.39, 0.29) is 32.7 Å². The number of hydrogen-bond donors (Lipinski definition) is 3. The van der Waals surface area contributed by atoms with Crippen molar-refractivity contribution < 1.29 is 27.6 Å². The Kier molecular flexibility index (Phi) is 8.41. The molecule has 0 aliphatic rings. The maximum Gasteiger partial charge on any atom is 0.296 e. The number of rotatable bonds is 8. The summed E-state index contributed by atoms with van der Waals surface area (Å²) in [4.78, 5) is 12.8. The van der Waals surface area contributed by atoms with Gasteiger partial charge in [0.2, 0.25) is 0 Å². The molecule has 3 N–H and O–H groups in total. The number of aryl methyl sites for hydroxylation is 1. The lowest BCUT2D eigenvalue weighted by Gasteiger charge is -2.13. The van der Waals surface area contributed by atoms with Crippen molar-refractivity contribution in [3.63, 3.8) is 0 Å². The van der Waals surface area contributed by atoms with E-state index in [1.165, 1.54) is 18.2 Å². The molecule has 0 aromatic heterocycles. The lowest BCUT2D eigenvalue weighted by molar-refractivity contribution is 0.102. The van der Waals surface area contributed by atoms with Crippen molar-refractivity contribution >= 4 is 67.1 Å². The van der Waals surface area contributed by atoms with Crippen molar-refractivity contribution in [3.8, 4) is 11.5 Å². The van der Waals surface area contributed by atoms with Gasteiger partial charge in [-0.05, 0) is 48.6 Å². The van der Waals surface area contributed by atoms with Crippen molar-refractivity contribution in [1.82, 2.24) is 0 Å². The topological polar surface area (TPSA) is 138 Å². The summed E-state index contributed by atoms with van der Waals surface area (Å²) >= 11 is 12.5. The number of azo groups is 1. The summed E-state index contributed by atoms with van der Waals surface area (Å²) in [5, 5.41) is 23.2. The van der Waals surface area contributed by atoms with Crippen LogP contribution in [0.4, 0.5) is 17.1 Å². The molecular weight excluding hydrogens is 565 g/mol. The maximum absolute atomic E-state index is 13.3. The van der Waals surface area contributed by atoms with E-state index in [4.69, 9.17) is 27.9 Å². The van der Waals surface area contributed by atoms with Crippen LogP contribution in [0.15, 0.2) is 75.8 Å². The van der Waals surface area contributed by atoms with E-state index in [0.29, 0.717) is 35.1 Å². The molecule has 4 rings (SSSR count). The monoisotopic (exact) mass is 587 g/mol. The molecule has 4 aromatic rings. The Bertz CT molecular complexity index is 1720. The van der Waals surface area contributed by atoms with Gasteiger partial charge in [0.15, 0.2) is 5.75 Å². The van der Waals surface area contributed by atoms with Gasteiger partial charge in [0, 0.05) is 11.5 Å². The molecule has 0 saturated carbocycles. The van der Waals surface area contributed by atoms with Gasteiger partial charge >= 0.3 is 0 Å². The largest absolute Gasteiger partial charge is 0.505 e. The van der Waals surface area contributed by atoms with Crippen LogP contribution in [-0.2, 0) is 16.5 Å². The number of nitrogens with one attached hydrogen (secondary N) is 1. The minimum Gasteiger partial charge on any atom is -0.505 e. The van der Waals surface area contributed by atoms with Crippen molar-refractivity contribution in [2.24, 2.45) is 10.2 Å². The average molecular weight is 588 g/mol. The maximum atomic E-state index is 13.3. The highest BCUT2D eigenvalue weighted by Gasteiger charge is 2.22. The fourth-order valence-electron chi connectivity index (χ4n) is 3.92. The Hall–Kier alpha value is -3.70. The number of hydrogen-bond acceptors (Lipinski definition) is 7. The molecule has 0 aliphatic heterocycles. The molecule has 0 heterocycles. The van der Waals surface area contributed by atoms with Gasteiger partial charge in [-0.25, -0.2) is 0 Å². The SMILES string of the molecule is CCOc1ccc(Cl)c(NC(=O)c2cc3ccccc3c(N=Nc3c(CC)ccc(S(=O)(=O)O)c3Cl)c2O)c1. The number of benzene rings is 4. The normalized spacial score (nSPS) is 11.7. The number of ether oxygens (including phenoxy) is 1. The van der Waals surface area contributed by atoms with Crippen LogP contribution in [0.25, 0.3) is 10.8 Å². The van der Waals surface area contributed by atoms with Gasteiger partial charge in [0.25, 0.3) is 16.0 Å². The van der Waals surface area contributed by atoms with E-state index < -0.39 is 26.7 Å². The first-order valence-electron chi connectivity index (χ1n) is 11.7. The van der Waals surface area contributed by atoms with Crippen molar-refractivity contribution in [1.29, 1.82) is 0 Å². The molecular formula is C27H23Cl2N3O6S. The Labute approximate surface area is 234 Å². The summed E-state index contributed by atoms with van der Waals surface area (Å²) < 4.78 is 38.5. The van der Waals surface area contributed by atoms with E-state index in [1.807, 2.05) is 6.92 Å². The molecule has 9 nitrogen and oxygen atoms in total. The molecule has 1 amide bonds. The second-order valence-electron chi connectivity index (χ2n) is 8.29. The molecule has 4 aromatic carbocycles. The lowest BCUT2D eigenvalue weighted by atomic mass is 10.0. The average Bonchev–Trinajstić information content (AvgIpc) is 2.89. The second-order valence-corrected chi connectivity index (χ2v) is 10.5. The highest BCUT2D eigenvalue weighted by Crippen LogP contribution is 2.42. The van der Waals surface area contributed by atoms with Gasteiger partial charge in [-0.1, -0.05) is 60.5 Å². The van der Waals surface area contributed by atoms with Gasteiger partial charge < -0.3 is 15.2 Å². The van der Waals surface area contributed by atoms with Gasteiger partial charge in [-0.15, -0.1) is 10.2 Å². The number of amides is 1. The van der Waals surface area contributed by atoms with E-state index >= 15 is 0 Å². The summed E-state index contributed by atoms with van der Waals surface area (Å²) in [6, 6.07) is 15.9. The van der Waals surface area contributed by atoms with Crippen LogP contribution in [0.3, 0.4) is 0 Å². The second kappa shape index (κ2) is 11.6. The molecule has 39 heavy (non-hydrogen) atoms. The highest BCUT2D eigenvalue weighted by molar-refractivity contribution is 7.86. The van der Waals surface area contributed by atoms with Crippen LogP contribution in [0.2, 0.25) is 10.0 Å². The Morgan fingerprint density at radius 2 is 1.72 bits per heavy atom. The van der Waals surface area contributed by atoms with Crippen molar-refractivity contribution in [2.75, 3.05) is 11.9 Å². The van der Waals surface area contributed by atoms with E-state index in [1.54, 1.807) is 49.4 Å². The molecule has 0 unspecified atom stereocenters. The number of phenolic OH excluding ortho intramolecular Hbond substituents is 1. The van der Waals surface area contributed by atoms with Gasteiger partial charge in [0.05, 0.1) is 27.9 Å². The standard InChI is InChI=1S/C27H23Cl2N3O6S/c1-3-15-9-12-22(39(35,36)37)23(29)24(15)31-32-25-18-8-6-5-7-16(18)13-19(26(25)33)27(34)30-21-14-17(38-4-2)10-11-20(21)28/h5-14,33H,3-4H2,1-2H3,(H,30,34)(H,35,36,37). The number of carbonyl (C=O) groups is 1. The zero-order valence-electron chi connectivity index (χ0n) is 20.8. The molecule has 0 spiro atoms. The number of anilines is 1. The van der Waals surface area contributed by atoms with Crippen molar-refractivity contribution in [2.45, 2.75) is 25.2 Å². The van der Waals surface area contributed by atoms with Crippen LogP contribution in [-0.4, -0.2) is 30.6 Å². The van der Waals surface area contributed by atoms with Gasteiger partial charge in [-0.2, -0.15) is 8.42 Å². The third-order valence-electron chi connectivity index (χ3n) is 5.81. The lowest BCUT2D eigenvalue weighted by Crippen LogP contribution is -2.12. The summed E-state index contributed by atoms with van der Waals surface area (Å²) in [6.45, 7) is 4.05. The van der Waals surface area contributed by atoms with Crippen LogP contribution in [0.1, 0.15) is 29.8 Å². The summed E-state index contributed by atoms with van der Waals surface area (Å²) in [5.74, 6) is -0.622. The number of fused-ring (bicyclic) bond motifs is 1. The van der Waals surface area contributed by atoms with E-state index in [2.05, 4.69) is 15.5 Å². The number of phenols is 1. The zero-order chi connectivity index (χ0) is 28.3. The van der Waals surface area contributed by atoms with Crippen LogP contribution in [0.5, 0.6) is 11.5 Å².